The molecule has 0 saturated heterocycles. The van der Waals surface area contributed by atoms with Gasteiger partial charge in [-0.15, -0.1) is 11.3 Å². The van der Waals surface area contributed by atoms with E-state index in [1.165, 1.54) is 16.9 Å². The Labute approximate surface area is 138 Å². The van der Waals surface area contributed by atoms with Gasteiger partial charge < -0.3 is 11.5 Å². The van der Waals surface area contributed by atoms with E-state index in [0.717, 1.165) is 29.7 Å². The van der Waals surface area contributed by atoms with Crippen LogP contribution >= 0.6 is 11.3 Å². The molecule has 0 saturated carbocycles. The molecular weight excluding hydrogens is 308 g/mol. The van der Waals surface area contributed by atoms with E-state index in [-0.39, 0.29) is 0 Å². The second kappa shape index (κ2) is 6.01. The number of aryl methyl sites for hydroxylation is 1. The summed E-state index contributed by atoms with van der Waals surface area (Å²) in [5.41, 5.74) is 13.6. The molecule has 2 aromatic heterocycles. The minimum absolute atomic E-state index is 0.400. The fourth-order valence-electron chi connectivity index (χ4n) is 3.27. The zero-order valence-electron chi connectivity index (χ0n) is 12.7. The standard InChI is InChI=1S/C17H18N4OS/c18-10-17(5-1-11-3-7-21-8-4-11)6-2-12-13(9-17)23-16(20)14(12)15(19)22/h3-4,7-8H,1-2,5-6,9,20H2,(H2,19,22). The van der Waals surface area contributed by atoms with Gasteiger partial charge in [0.2, 0.25) is 0 Å². The van der Waals surface area contributed by atoms with Crippen LogP contribution in [0.4, 0.5) is 5.00 Å². The Hall–Kier alpha value is -2.39. The summed E-state index contributed by atoms with van der Waals surface area (Å²) in [6.07, 6.45) is 7.24. The van der Waals surface area contributed by atoms with E-state index in [2.05, 4.69) is 11.1 Å². The minimum atomic E-state index is -0.471. The van der Waals surface area contributed by atoms with E-state index in [9.17, 15) is 10.1 Å². The summed E-state index contributed by atoms with van der Waals surface area (Å²) in [6.45, 7) is 0. The molecule has 23 heavy (non-hydrogen) atoms. The predicted octanol–water partition coefficient (Wildman–Crippen LogP) is 2.46. The number of amides is 1. The fraction of sp³-hybridized carbons (Fsp3) is 0.353. The molecule has 6 heteroatoms. The Kier molecular flexibility index (Phi) is 4.05. The molecule has 0 aliphatic heterocycles. The fourth-order valence-corrected chi connectivity index (χ4v) is 4.54. The number of hydrogen-bond donors (Lipinski definition) is 2. The number of aromatic nitrogens is 1. The third kappa shape index (κ3) is 2.92. The van der Waals surface area contributed by atoms with Crippen molar-refractivity contribution in [2.24, 2.45) is 11.1 Å². The molecule has 0 spiro atoms. The molecule has 0 aromatic carbocycles. The first kappa shape index (κ1) is 15.5. The van der Waals surface area contributed by atoms with E-state index in [1.807, 2.05) is 12.1 Å². The van der Waals surface area contributed by atoms with Gasteiger partial charge in [-0.05, 0) is 48.9 Å². The van der Waals surface area contributed by atoms with Crippen molar-refractivity contribution in [2.75, 3.05) is 5.73 Å². The number of nitrogen functional groups attached to an aromatic ring is 1. The molecule has 0 bridgehead atoms. The van der Waals surface area contributed by atoms with Gasteiger partial charge in [0, 0.05) is 23.7 Å². The molecule has 0 radical (unpaired) electrons. The number of pyridine rings is 1. The maximum Gasteiger partial charge on any atom is 0.251 e. The lowest BCUT2D eigenvalue weighted by Crippen LogP contribution is -2.28. The van der Waals surface area contributed by atoms with Gasteiger partial charge in [0.05, 0.1) is 22.0 Å². The first-order valence-corrected chi connectivity index (χ1v) is 8.36. The van der Waals surface area contributed by atoms with Crippen molar-refractivity contribution in [3.63, 3.8) is 0 Å². The number of primary amides is 1. The lowest BCUT2D eigenvalue weighted by Gasteiger charge is -2.31. The van der Waals surface area contributed by atoms with Crippen LogP contribution in [-0.2, 0) is 19.3 Å². The van der Waals surface area contributed by atoms with Crippen molar-refractivity contribution in [2.45, 2.75) is 32.1 Å². The molecule has 3 rings (SSSR count). The second-order valence-electron chi connectivity index (χ2n) is 6.03. The Balaban J connectivity index is 1.82. The molecule has 1 aliphatic carbocycles. The summed E-state index contributed by atoms with van der Waals surface area (Å²) in [7, 11) is 0. The second-order valence-corrected chi connectivity index (χ2v) is 7.17. The highest BCUT2D eigenvalue weighted by Crippen LogP contribution is 2.44. The van der Waals surface area contributed by atoms with Crippen LogP contribution in [-0.4, -0.2) is 10.9 Å². The van der Waals surface area contributed by atoms with Crippen molar-refractivity contribution in [1.82, 2.24) is 4.98 Å². The molecule has 1 atom stereocenters. The minimum Gasteiger partial charge on any atom is -0.390 e. The van der Waals surface area contributed by atoms with Crippen LogP contribution in [0.2, 0.25) is 0 Å². The van der Waals surface area contributed by atoms with Crippen molar-refractivity contribution in [1.29, 1.82) is 5.26 Å². The largest absolute Gasteiger partial charge is 0.390 e. The summed E-state index contributed by atoms with van der Waals surface area (Å²) in [5, 5.41) is 10.2. The van der Waals surface area contributed by atoms with E-state index in [1.54, 1.807) is 12.4 Å². The van der Waals surface area contributed by atoms with Gasteiger partial charge in [-0.2, -0.15) is 5.26 Å². The Morgan fingerprint density at radius 1 is 1.43 bits per heavy atom. The van der Waals surface area contributed by atoms with Crippen molar-refractivity contribution >= 4 is 22.2 Å². The molecule has 5 nitrogen and oxygen atoms in total. The average Bonchev–Trinajstić information content (AvgIpc) is 2.88. The van der Waals surface area contributed by atoms with Crippen LogP contribution in [0.1, 0.15) is 39.2 Å². The van der Waals surface area contributed by atoms with Crippen LogP contribution in [0.5, 0.6) is 0 Å². The predicted molar refractivity (Wildman–Crippen MR) is 89.9 cm³/mol. The van der Waals surface area contributed by atoms with Gasteiger partial charge in [0.1, 0.15) is 0 Å². The highest BCUT2D eigenvalue weighted by molar-refractivity contribution is 7.16. The number of hydrogen-bond acceptors (Lipinski definition) is 5. The van der Waals surface area contributed by atoms with E-state index >= 15 is 0 Å². The van der Waals surface area contributed by atoms with Gasteiger partial charge in [0.25, 0.3) is 5.91 Å². The molecule has 118 valence electrons. The molecule has 2 aromatic rings. The van der Waals surface area contributed by atoms with Gasteiger partial charge in [-0.25, -0.2) is 0 Å². The number of carbonyl (C=O) groups excluding carboxylic acids is 1. The lowest BCUT2D eigenvalue weighted by atomic mass is 9.71. The molecular formula is C17H18N4OS. The first-order chi connectivity index (χ1) is 11.0. The summed E-state index contributed by atoms with van der Waals surface area (Å²) in [4.78, 5) is 16.6. The number of fused-ring (bicyclic) bond motifs is 1. The molecule has 0 fully saturated rings. The lowest BCUT2D eigenvalue weighted by molar-refractivity contribution is 0.1000. The van der Waals surface area contributed by atoms with Gasteiger partial charge >= 0.3 is 0 Å². The van der Waals surface area contributed by atoms with Crippen molar-refractivity contribution in [3.05, 3.63) is 46.1 Å². The van der Waals surface area contributed by atoms with Gasteiger partial charge in [0.15, 0.2) is 0 Å². The third-order valence-corrected chi connectivity index (χ3v) is 5.66. The smallest absolute Gasteiger partial charge is 0.251 e. The Morgan fingerprint density at radius 2 is 2.17 bits per heavy atom. The molecule has 4 N–H and O–H groups in total. The van der Waals surface area contributed by atoms with E-state index < -0.39 is 11.3 Å². The monoisotopic (exact) mass is 326 g/mol. The molecule has 1 amide bonds. The number of thiophene rings is 1. The van der Waals surface area contributed by atoms with Crippen LogP contribution in [0, 0.1) is 16.7 Å². The topological polar surface area (TPSA) is 106 Å². The van der Waals surface area contributed by atoms with E-state index in [0.29, 0.717) is 23.4 Å². The number of nitrogens with zero attached hydrogens (tertiary/aromatic N) is 2. The number of rotatable bonds is 4. The molecule has 2 heterocycles. The highest BCUT2D eigenvalue weighted by atomic mass is 32.1. The summed E-state index contributed by atoms with van der Waals surface area (Å²) < 4.78 is 0. The summed E-state index contributed by atoms with van der Waals surface area (Å²) >= 11 is 1.40. The number of anilines is 1. The summed E-state index contributed by atoms with van der Waals surface area (Å²) in [6, 6.07) is 6.48. The maximum atomic E-state index is 11.6. The number of carbonyl (C=O) groups is 1. The molecule has 1 unspecified atom stereocenters. The zero-order valence-corrected chi connectivity index (χ0v) is 13.5. The first-order valence-electron chi connectivity index (χ1n) is 7.55. The van der Waals surface area contributed by atoms with Crippen LogP contribution in [0.15, 0.2) is 24.5 Å². The maximum absolute atomic E-state index is 11.6. The van der Waals surface area contributed by atoms with Crippen LogP contribution in [0.25, 0.3) is 0 Å². The van der Waals surface area contributed by atoms with Crippen molar-refractivity contribution in [3.8, 4) is 6.07 Å². The quantitative estimate of drug-likeness (QED) is 0.900. The Bertz CT molecular complexity index is 778. The Morgan fingerprint density at radius 3 is 2.83 bits per heavy atom. The van der Waals surface area contributed by atoms with Gasteiger partial charge in [-0.1, -0.05) is 0 Å². The SMILES string of the molecule is N#CC1(CCc2ccncc2)CCc2c(sc(N)c2C(N)=O)C1. The normalized spacial score (nSPS) is 19.8. The number of nitriles is 1. The van der Waals surface area contributed by atoms with Crippen LogP contribution < -0.4 is 11.5 Å². The third-order valence-electron chi connectivity index (χ3n) is 4.60. The summed E-state index contributed by atoms with van der Waals surface area (Å²) in [5.74, 6) is -0.471. The highest BCUT2D eigenvalue weighted by Gasteiger charge is 2.37. The van der Waals surface area contributed by atoms with Crippen LogP contribution in [0.3, 0.4) is 0 Å². The molecule has 1 aliphatic rings. The van der Waals surface area contributed by atoms with Gasteiger partial charge in [-0.3, -0.25) is 9.78 Å². The number of nitrogens with two attached hydrogens (primary N) is 2. The van der Waals surface area contributed by atoms with Crippen molar-refractivity contribution < 1.29 is 4.79 Å². The average molecular weight is 326 g/mol. The zero-order chi connectivity index (χ0) is 16.4. The van der Waals surface area contributed by atoms with E-state index in [4.69, 9.17) is 11.5 Å².